The molecule has 98 valence electrons. The minimum absolute atomic E-state index is 0.110. The predicted octanol–water partition coefficient (Wildman–Crippen LogP) is 1.78. The monoisotopic (exact) mass is 252 g/mol. The molecule has 1 heterocycles. The van der Waals surface area contributed by atoms with Crippen LogP contribution >= 0.6 is 0 Å². The maximum Gasteiger partial charge on any atom is 0.253 e. The molecule has 1 aromatic carbocycles. The van der Waals surface area contributed by atoms with Crippen molar-refractivity contribution in [3.63, 3.8) is 0 Å². The number of carbonyl (C=O) groups is 1. The summed E-state index contributed by atoms with van der Waals surface area (Å²) < 4.78 is 18.8. The first kappa shape index (κ1) is 12.8. The molecular weight excluding hydrogens is 235 g/mol. The molecule has 4 nitrogen and oxygen atoms in total. The fourth-order valence-corrected chi connectivity index (χ4v) is 2.07. The van der Waals surface area contributed by atoms with Gasteiger partial charge in [-0.05, 0) is 25.0 Å². The topological polar surface area (TPSA) is 50.4 Å². The highest BCUT2D eigenvalue weighted by Gasteiger charge is 2.19. The van der Waals surface area contributed by atoms with Crippen molar-refractivity contribution >= 4 is 11.6 Å². The molecule has 0 unspecified atom stereocenters. The Balaban J connectivity index is 2.10. The number of anilines is 1. The van der Waals surface area contributed by atoms with Gasteiger partial charge in [-0.25, -0.2) is 4.39 Å². The Morgan fingerprint density at radius 1 is 1.39 bits per heavy atom. The van der Waals surface area contributed by atoms with E-state index in [1.807, 2.05) is 0 Å². The summed E-state index contributed by atoms with van der Waals surface area (Å²) in [7, 11) is 1.60. The van der Waals surface area contributed by atoms with Gasteiger partial charge >= 0.3 is 0 Å². The molecule has 2 N–H and O–H groups in total. The van der Waals surface area contributed by atoms with Crippen LogP contribution in [0.3, 0.4) is 0 Å². The molecule has 1 aliphatic heterocycles. The standard InChI is InChI=1S/C13H17FN2O2/c1-15-12-10(3-2-4-11(12)14)13(17)16-9-5-7-18-8-6-9/h2-4,9,15H,5-8H2,1H3,(H,16,17). The number of hydrogen-bond donors (Lipinski definition) is 2. The van der Waals surface area contributed by atoms with Crippen LogP contribution in [0.5, 0.6) is 0 Å². The highest BCUT2D eigenvalue weighted by atomic mass is 19.1. The van der Waals surface area contributed by atoms with Gasteiger partial charge in [-0.1, -0.05) is 6.07 Å². The van der Waals surface area contributed by atoms with Crippen LogP contribution in [0.2, 0.25) is 0 Å². The first-order valence-electron chi connectivity index (χ1n) is 6.07. The Hall–Kier alpha value is -1.62. The predicted molar refractivity (Wildman–Crippen MR) is 67.3 cm³/mol. The molecule has 1 aromatic rings. The summed E-state index contributed by atoms with van der Waals surface area (Å²) in [6, 6.07) is 4.59. The highest BCUT2D eigenvalue weighted by Crippen LogP contribution is 2.19. The molecule has 0 saturated carbocycles. The average Bonchev–Trinajstić information content (AvgIpc) is 2.39. The molecule has 2 rings (SSSR count). The third-order valence-electron chi connectivity index (χ3n) is 3.06. The van der Waals surface area contributed by atoms with Crippen molar-refractivity contribution in [1.29, 1.82) is 0 Å². The van der Waals surface area contributed by atoms with E-state index in [1.165, 1.54) is 12.1 Å². The van der Waals surface area contributed by atoms with Gasteiger partial charge in [0.2, 0.25) is 0 Å². The van der Waals surface area contributed by atoms with Crippen molar-refractivity contribution in [2.75, 3.05) is 25.6 Å². The molecule has 5 heteroatoms. The van der Waals surface area contributed by atoms with Crippen molar-refractivity contribution in [3.8, 4) is 0 Å². The molecule has 1 aliphatic rings. The van der Waals surface area contributed by atoms with Gasteiger partial charge < -0.3 is 15.4 Å². The molecule has 0 aromatic heterocycles. The normalized spacial score (nSPS) is 16.3. The van der Waals surface area contributed by atoms with Crippen LogP contribution in [0, 0.1) is 5.82 Å². The summed E-state index contributed by atoms with van der Waals surface area (Å²) >= 11 is 0. The van der Waals surface area contributed by atoms with E-state index >= 15 is 0 Å². The number of para-hydroxylation sites is 1. The number of nitrogens with one attached hydrogen (secondary N) is 2. The van der Waals surface area contributed by atoms with E-state index in [1.54, 1.807) is 13.1 Å². The van der Waals surface area contributed by atoms with Gasteiger partial charge in [0, 0.05) is 26.3 Å². The summed E-state index contributed by atoms with van der Waals surface area (Å²) in [5.41, 5.74) is 0.575. The number of amides is 1. The summed E-state index contributed by atoms with van der Waals surface area (Å²) in [5.74, 6) is -0.664. The van der Waals surface area contributed by atoms with Crippen LogP contribution in [-0.4, -0.2) is 32.2 Å². The zero-order valence-electron chi connectivity index (χ0n) is 10.3. The van der Waals surface area contributed by atoms with Crippen LogP contribution < -0.4 is 10.6 Å². The highest BCUT2D eigenvalue weighted by molar-refractivity contribution is 5.99. The lowest BCUT2D eigenvalue weighted by Gasteiger charge is -2.23. The van der Waals surface area contributed by atoms with Gasteiger partial charge in [-0.3, -0.25) is 4.79 Å². The molecule has 0 radical (unpaired) electrons. The Morgan fingerprint density at radius 3 is 2.78 bits per heavy atom. The zero-order chi connectivity index (χ0) is 13.0. The first-order valence-corrected chi connectivity index (χ1v) is 6.07. The van der Waals surface area contributed by atoms with E-state index in [9.17, 15) is 9.18 Å². The summed E-state index contributed by atoms with van der Waals surface area (Å²) in [6.45, 7) is 1.32. The molecule has 1 fully saturated rings. The zero-order valence-corrected chi connectivity index (χ0v) is 10.3. The van der Waals surface area contributed by atoms with Gasteiger partial charge in [-0.2, -0.15) is 0 Å². The fourth-order valence-electron chi connectivity index (χ4n) is 2.07. The Morgan fingerprint density at radius 2 is 2.11 bits per heavy atom. The van der Waals surface area contributed by atoms with Crippen molar-refractivity contribution in [1.82, 2.24) is 5.32 Å². The second-order valence-electron chi connectivity index (χ2n) is 4.27. The smallest absolute Gasteiger partial charge is 0.253 e. The van der Waals surface area contributed by atoms with Crippen molar-refractivity contribution in [3.05, 3.63) is 29.6 Å². The molecule has 1 saturated heterocycles. The minimum atomic E-state index is -0.419. The van der Waals surface area contributed by atoms with Crippen molar-refractivity contribution in [2.45, 2.75) is 18.9 Å². The molecule has 18 heavy (non-hydrogen) atoms. The lowest BCUT2D eigenvalue weighted by Crippen LogP contribution is -2.39. The van der Waals surface area contributed by atoms with Crippen LogP contribution in [0.15, 0.2) is 18.2 Å². The summed E-state index contributed by atoms with van der Waals surface area (Å²) in [6.07, 6.45) is 1.60. The maximum absolute atomic E-state index is 13.5. The lowest BCUT2D eigenvalue weighted by molar-refractivity contribution is 0.0696. The Bertz CT molecular complexity index is 431. The van der Waals surface area contributed by atoms with E-state index in [0.717, 1.165) is 12.8 Å². The van der Waals surface area contributed by atoms with Crippen molar-refractivity contribution in [2.24, 2.45) is 0 Å². The number of benzene rings is 1. The Kier molecular flexibility index (Phi) is 4.15. The van der Waals surface area contributed by atoms with E-state index in [-0.39, 0.29) is 17.6 Å². The number of hydrogen-bond acceptors (Lipinski definition) is 3. The molecule has 0 bridgehead atoms. The number of halogens is 1. The van der Waals surface area contributed by atoms with E-state index in [2.05, 4.69) is 10.6 Å². The van der Waals surface area contributed by atoms with Gasteiger partial charge in [0.25, 0.3) is 5.91 Å². The molecule has 0 spiro atoms. The third kappa shape index (κ3) is 2.79. The molecular formula is C13H17FN2O2. The van der Waals surface area contributed by atoms with Crippen LogP contribution in [-0.2, 0) is 4.74 Å². The lowest BCUT2D eigenvalue weighted by atomic mass is 10.1. The second kappa shape index (κ2) is 5.82. The van der Waals surface area contributed by atoms with Crippen LogP contribution in [0.4, 0.5) is 10.1 Å². The number of rotatable bonds is 3. The largest absolute Gasteiger partial charge is 0.385 e. The van der Waals surface area contributed by atoms with Gasteiger partial charge in [0.05, 0.1) is 11.3 Å². The number of carbonyl (C=O) groups excluding carboxylic acids is 1. The molecule has 0 atom stereocenters. The molecule has 1 amide bonds. The number of ether oxygens (including phenoxy) is 1. The van der Waals surface area contributed by atoms with E-state index in [4.69, 9.17) is 4.74 Å². The fraction of sp³-hybridized carbons (Fsp3) is 0.462. The Labute approximate surface area is 106 Å². The van der Waals surface area contributed by atoms with Crippen LogP contribution in [0.25, 0.3) is 0 Å². The quantitative estimate of drug-likeness (QED) is 0.862. The SMILES string of the molecule is CNc1c(F)cccc1C(=O)NC1CCOCC1. The first-order chi connectivity index (χ1) is 8.72. The van der Waals surface area contributed by atoms with E-state index < -0.39 is 5.82 Å². The van der Waals surface area contributed by atoms with Gasteiger partial charge in [0.15, 0.2) is 0 Å². The third-order valence-corrected chi connectivity index (χ3v) is 3.06. The van der Waals surface area contributed by atoms with Crippen LogP contribution in [0.1, 0.15) is 23.2 Å². The summed E-state index contributed by atoms with van der Waals surface area (Å²) in [4.78, 5) is 12.1. The van der Waals surface area contributed by atoms with Gasteiger partial charge in [0.1, 0.15) is 5.82 Å². The summed E-state index contributed by atoms with van der Waals surface area (Å²) in [5, 5.41) is 5.63. The van der Waals surface area contributed by atoms with Gasteiger partial charge in [-0.15, -0.1) is 0 Å². The average molecular weight is 252 g/mol. The van der Waals surface area contributed by atoms with Crippen molar-refractivity contribution < 1.29 is 13.9 Å². The second-order valence-corrected chi connectivity index (χ2v) is 4.27. The maximum atomic E-state index is 13.5. The minimum Gasteiger partial charge on any atom is -0.385 e. The van der Waals surface area contributed by atoms with E-state index in [0.29, 0.717) is 18.8 Å². The molecule has 0 aliphatic carbocycles.